The zero-order chi connectivity index (χ0) is 19.6. The van der Waals surface area contributed by atoms with Crippen LogP contribution in [0.25, 0.3) is 0 Å². The lowest BCUT2D eigenvalue weighted by molar-refractivity contribution is -0.122. The van der Waals surface area contributed by atoms with E-state index in [0.29, 0.717) is 30.3 Å². The van der Waals surface area contributed by atoms with Crippen LogP contribution in [0.1, 0.15) is 18.4 Å². The van der Waals surface area contributed by atoms with E-state index in [1.54, 1.807) is 12.1 Å². The molecule has 28 heavy (non-hydrogen) atoms. The Hall–Kier alpha value is -2.08. The first-order valence-electron chi connectivity index (χ1n) is 9.74. The Morgan fingerprint density at radius 2 is 2.04 bits per heavy atom. The minimum absolute atomic E-state index is 0.0879. The second-order valence-corrected chi connectivity index (χ2v) is 8.15. The average molecular weight is 401 g/mol. The molecule has 0 radical (unpaired) electrons. The molecule has 1 amide bonds. The van der Waals surface area contributed by atoms with Crippen LogP contribution in [-0.2, 0) is 11.2 Å². The van der Waals surface area contributed by atoms with Gasteiger partial charge in [-0.15, -0.1) is 0 Å². The van der Waals surface area contributed by atoms with Crippen LogP contribution in [0.2, 0.25) is 5.02 Å². The molecule has 2 aromatic carbocycles. The topological polar surface area (TPSA) is 53.0 Å². The monoisotopic (exact) mass is 400 g/mol. The Labute approximate surface area is 170 Å². The second-order valence-electron chi connectivity index (χ2n) is 7.71. The summed E-state index contributed by atoms with van der Waals surface area (Å²) in [5.41, 5.74) is 1.27. The maximum absolute atomic E-state index is 12.9. The number of likely N-dealkylation sites (tertiary alicyclic amines) is 1. The number of rotatable bonds is 5. The first-order chi connectivity index (χ1) is 13.5. The number of piperidine rings is 1. The number of β-amino-alcohol motifs (C(OH)–C–C–N with tert-alkyl or cyclic N) is 1. The molecule has 0 aliphatic carbocycles. The van der Waals surface area contributed by atoms with E-state index in [9.17, 15) is 9.90 Å². The van der Waals surface area contributed by atoms with Crippen LogP contribution >= 0.6 is 11.6 Å². The van der Waals surface area contributed by atoms with Crippen molar-refractivity contribution in [1.29, 1.82) is 0 Å². The second kappa shape index (κ2) is 8.11. The van der Waals surface area contributed by atoms with E-state index < -0.39 is 5.60 Å². The highest BCUT2D eigenvalue weighted by Crippen LogP contribution is 2.28. The predicted molar refractivity (Wildman–Crippen MR) is 110 cm³/mol. The van der Waals surface area contributed by atoms with Gasteiger partial charge in [-0.05, 0) is 55.6 Å². The van der Waals surface area contributed by atoms with Crippen molar-refractivity contribution in [3.05, 3.63) is 59.1 Å². The Morgan fingerprint density at radius 3 is 2.89 bits per heavy atom. The number of amides is 1. The summed E-state index contributed by atoms with van der Waals surface area (Å²) in [6.45, 7) is 2.46. The molecule has 1 N–H and O–H groups in total. The molecular formula is C22H25ClN2O3. The van der Waals surface area contributed by atoms with Gasteiger partial charge in [-0.25, -0.2) is 0 Å². The zero-order valence-corrected chi connectivity index (χ0v) is 16.6. The summed E-state index contributed by atoms with van der Waals surface area (Å²) in [7, 11) is 0. The van der Waals surface area contributed by atoms with Crippen molar-refractivity contribution in [1.82, 2.24) is 4.90 Å². The van der Waals surface area contributed by atoms with E-state index in [1.807, 2.05) is 40.1 Å². The summed E-state index contributed by atoms with van der Waals surface area (Å²) in [5.74, 6) is 0.729. The van der Waals surface area contributed by atoms with E-state index >= 15 is 0 Å². The Balaban J connectivity index is 1.35. The number of anilines is 1. The number of ether oxygens (including phenoxy) is 1. The van der Waals surface area contributed by atoms with Gasteiger partial charge >= 0.3 is 0 Å². The van der Waals surface area contributed by atoms with Gasteiger partial charge in [0.15, 0.2) is 0 Å². The molecule has 1 fully saturated rings. The lowest BCUT2D eigenvalue weighted by atomic mass is 9.93. The van der Waals surface area contributed by atoms with Crippen molar-refractivity contribution in [2.45, 2.75) is 24.9 Å². The van der Waals surface area contributed by atoms with Gasteiger partial charge in [0.25, 0.3) is 0 Å². The molecule has 2 aliphatic heterocycles. The molecule has 6 heteroatoms. The molecule has 0 bridgehead atoms. The Kier molecular flexibility index (Phi) is 5.58. The van der Waals surface area contributed by atoms with Crippen molar-refractivity contribution < 1.29 is 14.6 Å². The average Bonchev–Trinajstić information content (AvgIpc) is 3.11. The van der Waals surface area contributed by atoms with Crippen LogP contribution in [-0.4, -0.2) is 54.3 Å². The van der Waals surface area contributed by atoms with E-state index in [1.165, 1.54) is 5.56 Å². The number of hydrogen-bond donors (Lipinski definition) is 1. The van der Waals surface area contributed by atoms with Crippen LogP contribution < -0.4 is 9.64 Å². The Morgan fingerprint density at radius 1 is 1.18 bits per heavy atom. The van der Waals surface area contributed by atoms with Crippen molar-refractivity contribution >= 4 is 23.2 Å². The molecule has 0 aromatic heterocycles. The summed E-state index contributed by atoms with van der Waals surface area (Å²) in [4.78, 5) is 16.8. The van der Waals surface area contributed by atoms with Crippen LogP contribution in [0.3, 0.4) is 0 Å². The highest BCUT2D eigenvalue weighted by atomic mass is 35.5. The number of nitrogens with zero attached hydrogens (tertiary/aromatic N) is 2. The number of aliphatic hydroxyl groups is 1. The summed E-state index contributed by atoms with van der Waals surface area (Å²) in [6.07, 6.45) is 2.39. The molecule has 1 unspecified atom stereocenters. The van der Waals surface area contributed by atoms with Gasteiger partial charge in [0.05, 0.1) is 6.54 Å². The van der Waals surface area contributed by atoms with E-state index in [4.69, 9.17) is 16.3 Å². The lowest BCUT2D eigenvalue weighted by Gasteiger charge is -2.39. The third-order valence-corrected chi connectivity index (χ3v) is 5.72. The van der Waals surface area contributed by atoms with E-state index in [0.717, 1.165) is 31.6 Å². The first-order valence-corrected chi connectivity index (χ1v) is 10.1. The van der Waals surface area contributed by atoms with E-state index in [-0.39, 0.29) is 12.5 Å². The first kappa shape index (κ1) is 19.2. The van der Waals surface area contributed by atoms with Gasteiger partial charge in [-0.2, -0.15) is 0 Å². The molecule has 2 aliphatic rings. The van der Waals surface area contributed by atoms with Crippen LogP contribution in [0, 0.1) is 0 Å². The predicted octanol–water partition coefficient (Wildman–Crippen LogP) is 3.14. The molecule has 5 nitrogen and oxygen atoms in total. The summed E-state index contributed by atoms with van der Waals surface area (Å²) < 4.78 is 5.77. The van der Waals surface area contributed by atoms with Crippen LogP contribution in [0.15, 0.2) is 48.5 Å². The molecule has 148 valence electrons. The normalized spacial score (nSPS) is 22.1. The maximum Gasteiger partial charge on any atom is 0.241 e. The number of hydrogen-bond acceptors (Lipinski definition) is 4. The van der Waals surface area contributed by atoms with Crippen LogP contribution in [0.5, 0.6) is 5.75 Å². The van der Waals surface area contributed by atoms with Crippen LogP contribution in [0.4, 0.5) is 5.69 Å². The molecule has 2 aromatic rings. The van der Waals surface area contributed by atoms with Gasteiger partial charge in [0, 0.05) is 23.8 Å². The SMILES string of the molecule is O=C(CN1CCCC(O)(COc2cccc(Cl)c2)C1)N1CCc2ccccc21. The highest BCUT2D eigenvalue weighted by Gasteiger charge is 2.36. The molecule has 4 rings (SSSR count). The lowest BCUT2D eigenvalue weighted by Crippen LogP contribution is -2.53. The quantitative estimate of drug-likeness (QED) is 0.837. The number of carbonyl (C=O) groups is 1. The number of halogens is 1. The minimum atomic E-state index is -0.968. The van der Waals surface area contributed by atoms with Gasteiger partial charge in [0.2, 0.25) is 5.91 Å². The fourth-order valence-corrected chi connectivity index (χ4v) is 4.29. The van der Waals surface area contributed by atoms with Gasteiger partial charge in [-0.1, -0.05) is 35.9 Å². The highest BCUT2D eigenvalue weighted by molar-refractivity contribution is 6.30. The summed E-state index contributed by atoms with van der Waals surface area (Å²) in [5, 5.41) is 11.6. The molecule has 1 atom stereocenters. The minimum Gasteiger partial charge on any atom is -0.490 e. The smallest absolute Gasteiger partial charge is 0.241 e. The standard InChI is InChI=1S/C22H25ClN2O3/c23-18-6-3-7-19(13-18)28-16-22(27)10-4-11-24(15-22)14-21(26)25-12-9-17-5-1-2-8-20(17)25/h1-3,5-8,13,27H,4,9-12,14-16H2. The van der Waals surface area contributed by atoms with Gasteiger partial charge < -0.3 is 14.7 Å². The molecular weight excluding hydrogens is 376 g/mol. The third-order valence-electron chi connectivity index (χ3n) is 5.49. The zero-order valence-electron chi connectivity index (χ0n) is 15.8. The summed E-state index contributed by atoms with van der Waals surface area (Å²) in [6, 6.07) is 15.2. The number of benzene rings is 2. The van der Waals surface area contributed by atoms with Crippen molar-refractivity contribution in [3.8, 4) is 5.75 Å². The van der Waals surface area contributed by atoms with Gasteiger partial charge in [-0.3, -0.25) is 9.69 Å². The van der Waals surface area contributed by atoms with Crippen molar-refractivity contribution in [3.63, 3.8) is 0 Å². The molecule has 0 spiro atoms. The number of fused-ring (bicyclic) bond motifs is 1. The number of carbonyl (C=O) groups excluding carboxylic acids is 1. The largest absolute Gasteiger partial charge is 0.490 e. The fraction of sp³-hybridized carbons (Fsp3) is 0.409. The van der Waals surface area contributed by atoms with E-state index in [2.05, 4.69) is 6.07 Å². The van der Waals surface area contributed by atoms with Crippen molar-refractivity contribution in [2.24, 2.45) is 0 Å². The Bertz CT molecular complexity index is 859. The molecule has 1 saturated heterocycles. The van der Waals surface area contributed by atoms with Crippen molar-refractivity contribution in [2.75, 3.05) is 37.7 Å². The third kappa shape index (κ3) is 4.32. The maximum atomic E-state index is 12.9. The molecule has 0 saturated carbocycles. The molecule has 2 heterocycles. The number of para-hydroxylation sites is 1. The fourth-order valence-electron chi connectivity index (χ4n) is 4.11. The van der Waals surface area contributed by atoms with Gasteiger partial charge in [0.1, 0.15) is 18.0 Å². The summed E-state index contributed by atoms with van der Waals surface area (Å²) >= 11 is 5.99.